The first kappa shape index (κ1) is 12.0. The lowest BCUT2D eigenvalue weighted by Gasteiger charge is -2.09. The second kappa shape index (κ2) is 4.60. The first-order chi connectivity index (χ1) is 5.91. The fraction of sp³-hybridized carbons (Fsp3) is 0.143. The highest BCUT2D eigenvalue weighted by Gasteiger charge is 2.27. The summed E-state index contributed by atoms with van der Waals surface area (Å²) in [6, 6.07) is 4.24. The van der Waals surface area contributed by atoms with E-state index in [1.807, 2.05) is 0 Å². The maximum Gasteiger partial charge on any atom is 0.372 e. The predicted octanol–water partition coefficient (Wildman–Crippen LogP) is 4.03. The van der Waals surface area contributed by atoms with E-state index in [1.165, 1.54) is 0 Å². The maximum absolute atomic E-state index is 5.79. The molecule has 0 aliphatic rings. The summed E-state index contributed by atoms with van der Waals surface area (Å²) in [6.45, 7) is 0. The van der Waals surface area contributed by atoms with Crippen molar-refractivity contribution in [3.63, 3.8) is 0 Å². The van der Waals surface area contributed by atoms with Crippen LogP contribution in [0.2, 0.25) is 0 Å². The van der Waals surface area contributed by atoms with Gasteiger partial charge in [-0.05, 0) is 10.8 Å². The van der Waals surface area contributed by atoms with Crippen molar-refractivity contribution in [1.82, 2.24) is 0 Å². The van der Waals surface area contributed by atoms with Crippen LogP contribution in [0.4, 0.5) is 0 Å². The molecule has 0 aliphatic carbocycles. The van der Waals surface area contributed by atoms with Gasteiger partial charge >= 0.3 is 6.00 Å². The fourth-order valence-corrected chi connectivity index (χ4v) is 2.79. The van der Waals surface area contributed by atoms with Gasteiger partial charge in [-0.15, -0.1) is 56.4 Å². The van der Waals surface area contributed by atoms with Crippen molar-refractivity contribution >= 4 is 67.6 Å². The van der Waals surface area contributed by atoms with Gasteiger partial charge in [0.05, 0.1) is 0 Å². The molecule has 0 nitrogen and oxygen atoms in total. The molecule has 0 unspecified atom stereocenters. The van der Waals surface area contributed by atoms with Gasteiger partial charge < -0.3 is 0 Å². The van der Waals surface area contributed by atoms with Crippen LogP contribution in [0.25, 0.3) is 0 Å². The second-order valence-corrected chi connectivity index (χ2v) is 11.9. The van der Waals surface area contributed by atoms with Gasteiger partial charge in [-0.25, -0.2) is 0 Å². The van der Waals surface area contributed by atoms with Crippen LogP contribution in [0.5, 0.6) is 0 Å². The highest BCUT2D eigenvalue weighted by Crippen LogP contribution is 2.25. The van der Waals surface area contributed by atoms with Crippen molar-refractivity contribution in [2.45, 2.75) is 4.84 Å². The van der Waals surface area contributed by atoms with Crippen LogP contribution in [-0.4, -0.2) is 6.00 Å². The Balaban J connectivity index is 2.94. The molecule has 0 bridgehead atoms. The lowest BCUT2D eigenvalue weighted by Crippen LogP contribution is -2.29. The molecule has 1 rings (SSSR count). The molecule has 0 heterocycles. The minimum absolute atomic E-state index is 0.536. The molecule has 0 saturated carbocycles. The van der Waals surface area contributed by atoms with Gasteiger partial charge in [0.2, 0.25) is 0 Å². The first-order valence-electron chi connectivity index (χ1n) is 3.36. The minimum atomic E-state index is -2.76. The molecule has 0 spiro atoms. The Morgan fingerprint density at radius 2 is 1.38 bits per heavy atom. The third kappa shape index (κ3) is 3.50. The molecule has 13 heavy (non-hydrogen) atoms. The van der Waals surface area contributed by atoms with Crippen molar-refractivity contribution in [2.24, 2.45) is 0 Å². The quantitative estimate of drug-likeness (QED) is 0.439. The number of alkyl halides is 2. The lowest BCUT2D eigenvalue weighted by molar-refractivity contribution is 1.36. The fourth-order valence-electron chi connectivity index (χ4n) is 0.818. The molecule has 0 saturated heterocycles. The van der Waals surface area contributed by atoms with E-state index in [0.29, 0.717) is 0 Å². The zero-order valence-corrected chi connectivity index (χ0v) is 11.1. The van der Waals surface area contributed by atoms with Gasteiger partial charge in [-0.3, -0.25) is 0 Å². The number of hydrogen-bond donors (Lipinski definition) is 0. The van der Waals surface area contributed by atoms with Crippen LogP contribution >= 0.6 is 56.4 Å². The van der Waals surface area contributed by atoms with E-state index >= 15 is 0 Å². The molecule has 72 valence electrons. The van der Waals surface area contributed by atoms with Crippen molar-refractivity contribution in [3.05, 3.63) is 29.8 Å². The molecular weight excluding hydrogens is 289 g/mol. The average molecular weight is 294 g/mol. The molecule has 0 aliphatic heterocycles. The first-order valence-corrected chi connectivity index (χ1v) is 9.27. The molecular formula is C7H5Cl5Si. The van der Waals surface area contributed by atoms with Crippen LogP contribution in [0.15, 0.2) is 24.3 Å². The zero-order valence-electron chi connectivity index (χ0n) is 6.28. The molecule has 1 aromatic rings. The Labute approximate surface area is 102 Å². The number of rotatable bonds is 2. The smallest absolute Gasteiger partial charge is 0.121 e. The molecule has 0 N–H and O–H groups in total. The Morgan fingerprint density at radius 3 is 1.69 bits per heavy atom. The predicted molar refractivity (Wildman–Crippen MR) is 63.8 cm³/mol. The van der Waals surface area contributed by atoms with Crippen LogP contribution in [0, 0.1) is 0 Å². The normalized spacial score (nSPS) is 12.2. The van der Waals surface area contributed by atoms with Gasteiger partial charge in [0.25, 0.3) is 0 Å². The van der Waals surface area contributed by atoms with Gasteiger partial charge in [0, 0.05) is 0 Å². The van der Waals surface area contributed by atoms with Crippen LogP contribution in [0.1, 0.15) is 10.4 Å². The summed E-state index contributed by atoms with van der Waals surface area (Å²) in [7, 11) is 0. The zero-order chi connectivity index (χ0) is 10.1. The van der Waals surface area contributed by atoms with E-state index in [2.05, 4.69) is 0 Å². The molecule has 0 atom stereocenters. The van der Waals surface area contributed by atoms with Crippen LogP contribution in [0.3, 0.4) is 0 Å². The molecule has 0 aromatic heterocycles. The largest absolute Gasteiger partial charge is 0.372 e. The Morgan fingerprint density at radius 1 is 0.923 bits per heavy atom. The summed E-state index contributed by atoms with van der Waals surface area (Å²) >= 11 is 28.7. The topological polar surface area (TPSA) is 0 Å². The van der Waals surface area contributed by atoms with Gasteiger partial charge in [-0.1, -0.05) is 24.3 Å². The highest BCUT2D eigenvalue weighted by atomic mass is 35.8. The lowest BCUT2D eigenvalue weighted by atomic mass is 10.2. The Hall–Kier alpha value is 0.887. The summed E-state index contributed by atoms with van der Waals surface area (Å²) in [5, 5.41) is 0.732. The Bertz CT molecular complexity index is 276. The van der Waals surface area contributed by atoms with E-state index in [0.717, 1.165) is 10.8 Å². The van der Waals surface area contributed by atoms with Crippen molar-refractivity contribution in [3.8, 4) is 0 Å². The molecule has 0 amide bonds. The van der Waals surface area contributed by atoms with E-state index in [4.69, 9.17) is 56.4 Å². The number of halogens is 5. The SMILES string of the molecule is ClC(Cl)c1ccc([Si](Cl)(Cl)Cl)cc1. The van der Waals surface area contributed by atoms with Crippen LogP contribution in [-0.2, 0) is 0 Å². The van der Waals surface area contributed by atoms with Gasteiger partial charge in [-0.2, -0.15) is 0 Å². The standard InChI is InChI=1S/C7H5Cl5Si/c8-7(9)5-1-3-6(4-2-5)13(10,11)12/h1-4,7H. The van der Waals surface area contributed by atoms with E-state index in [9.17, 15) is 0 Å². The van der Waals surface area contributed by atoms with Gasteiger partial charge in [0.1, 0.15) is 4.84 Å². The number of benzene rings is 1. The molecule has 1 aromatic carbocycles. The number of hydrogen-bond acceptors (Lipinski definition) is 0. The Kier molecular flexibility index (Phi) is 4.24. The van der Waals surface area contributed by atoms with E-state index in [1.54, 1.807) is 24.3 Å². The maximum atomic E-state index is 5.79. The summed E-state index contributed by atoms with van der Waals surface area (Å²) in [5.41, 5.74) is 0.801. The van der Waals surface area contributed by atoms with Crippen molar-refractivity contribution in [1.29, 1.82) is 0 Å². The highest BCUT2D eigenvalue weighted by molar-refractivity contribution is 7.69. The third-order valence-electron chi connectivity index (χ3n) is 1.49. The summed E-state index contributed by atoms with van der Waals surface area (Å²) < 4.78 is 0. The summed E-state index contributed by atoms with van der Waals surface area (Å²) in [4.78, 5) is -0.536. The van der Waals surface area contributed by atoms with Crippen molar-refractivity contribution < 1.29 is 0 Å². The summed E-state index contributed by atoms with van der Waals surface area (Å²) in [6.07, 6.45) is 0. The third-order valence-corrected chi connectivity index (χ3v) is 4.95. The average Bonchev–Trinajstić information content (AvgIpc) is 2.03. The summed E-state index contributed by atoms with van der Waals surface area (Å²) in [5.74, 6) is 0. The van der Waals surface area contributed by atoms with Gasteiger partial charge in [0.15, 0.2) is 0 Å². The van der Waals surface area contributed by atoms with E-state index in [-0.39, 0.29) is 0 Å². The molecule has 0 radical (unpaired) electrons. The monoisotopic (exact) mass is 292 g/mol. The molecule has 0 fully saturated rings. The minimum Gasteiger partial charge on any atom is -0.121 e. The second-order valence-electron chi connectivity index (χ2n) is 2.42. The van der Waals surface area contributed by atoms with Crippen LogP contribution < -0.4 is 5.19 Å². The molecule has 6 heteroatoms. The van der Waals surface area contributed by atoms with E-state index < -0.39 is 10.8 Å². The van der Waals surface area contributed by atoms with Crippen molar-refractivity contribution in [2.75, 3.05) is 0 Å².